The molecule has 102 valence electrons. The third-order valence-electron chi connectivity index (χ3n) is 3.81. The molecule has 1 aromatic carbocycles. The number of carbonyl (C=O) groups is 1. The van der Waals surface area contributed by atoms with Gasteiger partial charge >= 0.3 is 5.97 Å². The molecule has 2 rings (SSSR count). The number of nitrogens with one attached hydrogen (secondary N) is 1. The first-order chi connectivity index (χ1) is 9.08. The van der Waals surface area contributed by atoms with Gasteiger partial charge in [0.1, 0.15) is 0 Å². The van der Waals surface area contributed by atoms with Crippen LogP contribution in [0.2, 0.25) is 0 Å². The van der Waals surface area contributed by atoms with E-state index < -0.39 is 0 Å². The number of piperidine rings is 1. The van der Waals surface area contributed by atoms with Crippen molar-refractivity contribution < 1.29 is 14.5 Å². The molecule has 1 heterocycles. The van der Waals surface area contributed by atoms with Crippen molar-refractivity contribution in [3.63, 3.8) is 0 Å². The summed E-state index contributed by atoms with van der Waals surface area (Å²) < 4.78 is 0. The minimum absolute atomic E-state index is 0.361. The van der Waals surface area contributed by atoms with Crippen molar-refractivity contribution in [3.8, 4) is 0 Å². The van der Waals surface area contributed by atoms with Crippen molar-refractivity contribution in [1.29, 1.82) is 0 Å². The minimum Gasteiger partial charge on any atom is -0.334 e. The number of nitrogens with zero attached hydrogens (tertiary/aromatic N) is 1. The summed E-state index contributed by atoms with van der Waals surface area (Å²) in [5.41, 5.74) is 1.52. The van der Waals surface area contributed by atoms with Crippen LogP contribution in [0.1, 0.15) is 30.6 Å². The molecule has 1 unspecified atom stereocenters. The van der Waals surface area contributed by atoms with Gasteiger partial charge in [-0.3, -0.25) is 0 Å². The molecule has 1 N–H and O–H groups in total. The molecule has 0 aliphatic carbocycles. The molecule has 1 aliphatic heterocycles. The van der Waals surface area contributed by atoms with Crippen LogP contribution in [-0.4, -0.2) is 31.3 Å². The first-order valence-electron chi connectivity index (χ1n) is 6.73. The van der Waals surface area contributed by atoms with Crippen molar-refractivity contribution >= 4 is 11.7 Å². The second kappa shape index (κ2) is 5.97. The molecule has 4 heteroatoms. The average molecular weight is 261 g/mol. The smallest absolute Gasteiger partial charge is 0.334 e. The number of hydrogen-bond acceptors (Lipinski definition) is 3. The lowest BCUT2D eigenvalue weighted by Crippen LogP contribution is -3.14. The zero-order valence-electron chi connectivity index (χ0n) is 11.7. The largest absolute Gasteiger partial charge is 0.365 e. The van der Waals surface area contributed by atoms with E-state index in [1.807, 2.05) is 18.2 Å². The van der Waals surface area contributed by atoms with Crippen LogP contribution in [0.15, 0.2) is 35.5 Å². The first kappa shape index (κ1) is 13.7. The number of quaternary nitrogens is 1. The van der Waals surface area contributed by atoms with E-state index >= 15 is 0 Å². The van der Waals surface area contributed by atoms with E-state index in [0.717, 1.165) is 18.7 Å². The molecule has 1 saturated heterocycles. The lowest BCUT2D eigenvalue weighted by molar-refractivity contribution is -0.908. The monoisotopic (exact) mass is 261 g/mol. The second-order valence-corrected chi connectivity index (χ2v) is 5.38. The Morgan fingerprint density at radius 2 is 2.00 bits per heavy atom. The lowest BCUT2D eigenvalue weighted by Gasteiger charge is -2.31. The quantitative estimate of drug-likeness (QED) is 0.641. The van der Waals surface area contributed by atoms with Crippen molar-refractivity contribution in [2.45, 2.75) is 26.3 Å². The Kier molecular flexibility index (Phi) is 4.32. The van der Waals surface area contributed by atoms with Gasteiger partial charge in [-0.05, 0) is 19.1 Å². The molecule has 0 amide bonds. The Labute approximate surface area is 114 Å². The van der Waals surface area contributed by atoms with E-state index in [9.17, 15) is 4.79 Å². The molecule has 1 fully saturated rings. The maximum atomic E-state index is 11.8. The van der Waals surface area contributed by atoms with Crippen molar-refractivity contribution in [1.82, 2.24) is 0 Å². The molecular weight excluding hydrogens is 240 g/mol. The zero-order valence-corrected chi connectivity index (χ0v) is 11.7. The molecular formula is C15H21N2O2+. The molecule has 0 radical (unpaired) electrons. The molecule has 0 aromatic heterocycles. The average Bonchev–Trinajstić information content (AvgIpc) is 2.42. The maximum Gasteiger partial charge on any atom is 0.365 e. The molecule has 4 nitrogen and oxygen atoms in total. The van der Waals surface area contributed by atoms with Gasteiger partial charge in [0.2, 0.25) is 0 Å². The Balaban J connectivity index is 2.00. The van der Waals surface area contributed by atoms with E-state index in [1.165, 1.54) is 4.90 Å². The number of likely N-dealkylation sites (tertiary alicyclic amines) is 1. The summed E-state index contributed by atoms with van der Waals surface area (Å²) in [7, 11) is 2.19. The van der Waals surface area contributed by atoms with E-state index in [0.29, 0.717) is 17.5 Å². The van der Waals surface area contributed by atoms with Gasteiger partial charge in [-0.25, -0.2) is 4.79 Å². The Morgan fingerprint density at radius 3 is 2.68 bits per heavy atom. The van der Waals surface area contributed by atoms with Crippen molar-refractivity contribution in [2.24, 2.45) is 11.1 Å². The molecule has 3 atom stereocenters. The van der Waals surface area contributed by atoms with Gasteiger partial charge in [-0.2, -0.15) is 0 Å². The fourth-order valence-electron chi connectivity index (χ4n) is 2.35. The summed E-state index contributed by atoms with van der Waals surface area (Å²) in [6.07, 6.45) is 0.884. The number of oxime groups is 1. The summed E-state index contributed by atoms with van der Waals surface area (Å²) in [5, 5.41) is 4.08. The van der Waals surface area contributed by atoms with Gasteiger partial charge in [0, 0.05) is 12.3 Å². The number of carbonyl (C=O) groups excluding carboxylic acids is 1. The fourth-order valence-corrected chi connectivity index (χ4v) is 2.35. The summed E-state index contributed by atoms with van der Waals surface area (Å²) in [4.78, 5) is 18.4. The van der Waals surface area contributed by atoms with Crippen LogP contribution in [-0.2, 0) is 4.84 Å². The van der Waals surface area contributed by atoms with Crippen LogP contribution in [0.25, 0.3) is 0 Å². The van der Waals surface area contributed by atoms with E-state index in [-0.39, 0.29) is 5.97 Å². The van der Waals surface area contributed by atoms with Gasteiger partial charge < -0.3 is 9.74 Å². The van der Waals surface area contributed by atoms with Crippen LogP contribution < -0.4 is 4.90 Å². The SMILES string of the molecule is C[C@H]1C[NH+](C)[C@@H](C)C/C1=N/OC(=O)c1ccccc1. The summed E-state index contributed by atoms with van der Waals surface area (Å²) in [6.45, 7) is 5.35. The molecule has 19 heavy (non-hydrogen) atoms. The van der Waals surface area contributed by atoms with Crippen molar-refractivity contribution in [2.75, 3.05) is 13.6 Å². The predicted molar refractivity (Wildman–Crippen MR) is 74.3 cm³/mol. The predicted octanol–water partition coefficient (Wildman–Crippen LogP) is 1.14. The van der Waals surface area contributed by atoms with Crippen molar-refractivity contribution in [3.05, 3.63) is 35.9 Å². The standard InChI is InChI=1S/C15H20N2O2/c1-11-10-17(3)12(2)9-14(11)16-19-15(18)13-7-5-4-6-8-13/h4-8,11-12H,9-10H2,1-3H3/p+1/b16-14-/t11-,12-/m0/s1. The van der Waals surface area contributed by atoms with Gasteiger partial charge in [0.25, 0.3) is 0 Å². The highest BCUT2D eigenvalue weighted by molar-refractivity contribution is 5.91. The van der Waals surface area contributed by atoms with Crippen LogP contribution in [0.5, 0.6) is 0 Å². The minimum atomic E-state index is -0.390. The van der Waals surface area contributed by atoms with Gasteiger partial charge in [0.05, 0.1) is 30.9 Å². The number of hydrogen-bond donors (Lipinski definition) is 1. The summed E-state index contributed by atoms with van der Waals surface area (Å²) >= 11 is 0. The van der Waals surface area contributed by atoms with Gasteiger partial charge in [-0.15, -0.1) is 0 Å². The molecule has 0 saturated carbocycles. The highest BCUT2D eigenvalue weighted by Gasteiger charge is 2.29. The number of rotatable bonds is 2. The van der Waals surface area contributed by atoms with Crippen LogP contribution in [0.3, 0.4) is 0 Å². The van der Waals surface area contributed by atoms with E-state index in [1.54, 1.807) is 12.1 Å². The topological polar surface area (TPSA) is 43.1 Å². The highest BCUT2D eigenvalue weighted by Crippen LogP contribution is 2.09. The van der Waals surface area contributed by atoms with E-state index in [2.05, 4.69) is 26.1 Å². The third kappa shape index (κ3) is 3.41. The highest BCUT2D eigenvalue weighted by atomic mass is 16.7. The van der Waals surface area contributed by atoms with Crippen LogP contribution >= 0.6 is 0 Å². The summed E-state index contributed by atoms with van der Waals surface area (Å²) in [5.74, 6) is -0.0287. The van der Waals surface area contributed by atoms with E-state index in [4.69, 9.17) is 4.84 Å². The summed E-state index contributed by atoms with van der Waals surface area (Å²) in [6, 6.07) is 9.47. The maximum absolute atomic E-state index is 11.8. The Morgan fingerprint density at radius 1 is 1.32 bits per heavy atom. The second-order valence-electron chi connectivity index (χ2n) is 5.38. The Bertz CT molecular complexity index is 470. The van der Waals surface area contributed by atoms with Crippen LogP contribution in [0, 0.1) is 5.92 Å². The first-order valence-corrected chi connectivity index (χ1v) is 6.73. The zero-order chi connectivity index (χ0) is 13.8. The normalized spacial score (nSPS) is 29.2. The molecule has 0 spiro atoms. The van der Waals surface area contributed by atoms with Gasteiger partial charge in [0.15, 0.2) is 0 Å². The Hall–Kier alpha value is -1.68. The van der Waals surface area contributed by atoms with Crippen LogP contribution in [0.4, 0.5) is 0 Å². The third-order valence-corrected chi connectivity index (χ3v) is 3.81. The molecule has 1 aromatic rings. The fraction of sp³-hybridized carbons (Fsp3) is 0.467. The molecule has 1 aliphatic rings. The number of benzene rings is 1. The molecule has 0 bridgehead atoms. The van der Waals surface area contributed by atoms with Gasteiger partial charge in [-0.1, -0.05) is 30.3 Å². The lowest BCUT2D eigenvalue weighted by atomic mass is 9.93.